The van der Waals surface area contributed by atoms with E-state index >= 15 is 4.39 Å². The first-order valence-electron chi connectivity index (χ1n) is 9.91. The molecule has 5 nitrogen and oxygen atoms in total. The average Bonchev–Trinajstić information content (AvgIpc) is 3.53. The maximum Gasteiger partial charge on any atom is 0.410 e. The molecule has 1 aromatic heterocycles. The second kappa shape index (κ2) is 8.27. The molecule has 1 saturated carbocycles. The molecule has 1 saturated heterocycles. The molecule has 2 aliphatic rings. The Morgan fingerprint density at radius 2 is 1.89 bits per heavy atom. The summed E-state index contributed by atoms with van der Waals surface area (Å²) in [6, 6.07) is 14.0. The zero-order valence-corrected chi connectivity index (χ0v) is 15.9. The van der Waals surface area contributed by atoms with Crippen LogP contribution in [-0.2, 0) is 11.3 Å². The van der Waals surface area contributed by atoms with E-state index in [1.165, 1.54) is 5.56 Å². The van der Waals surface area contributed by atoms with E-state index in [1.54, 1.807) is 17.3 Å². The summed E-state index contributed by atoms with van der Waals surface area (Å²) in [5.74, 6) is 0.458. The lowest BCUT2D eigenvalue weighted by atomic mass is 9.93. The smallest absolute Gasteiger partial charge is 0.410 e. The third-order valence-electron chi connectivity index (χ3n) is 5.73. The molecule has 1 aliphatic carbocycles. The minimum Gasteiger partial charge on any atom is -0.445 e. The number of piperidine rings is 1. The topological polar surface area (TPSA) is 54.5 Å². The van der Waals surface area contributed by atoms with Crippen LogP contribution in [0.1, 0.15) is 36.3 Å². The number of hydrogen-bond acceptors (Lipinski definition) is 4. The molecule has 0 radical (unpaired) electrons. The highest BCUT2D eigenvalue weighted by molar-refractivity contribution is 5.67. The second-order valence-corrected chi connectivity index (χ2v) is 7.79. The molecule has 6 heteroatoms. The van der Waals surface area contributed by atoms with Crippen LogP contribution in [0.15, 0.2) is 54.9 Å². The lowest BCUT2D eigenvalue weighted by molar-refractivity contribution is 0.0408. The maximum atomic E-state index is 15.1. The van der Waals surface area contributed by atoms with Crippen LogP contribution >= 0.6 is 0 Å². The van der Waals surface area contributed by atoms with Gasteiger partial charge in [-0.05, 0) is 29.7 Å². The standard InChI is InChI=1S/C22H26FN3O2/c23-22(16-25-20-14-19(20)18-6-10-24-11-7-18)8-12-26(13-9-22)21(27)28-15-17-4-2-1-3-5-17/h1-7,10-11,19-20,25H,8-9,12-16H2. The van der Waals surface area contributed by atoms with Crippen LogP contribution in [-0.4, -0.2) is 47.3 Å². The maximum absolute atomic E-state index is 15.1. The Morgan fingerprint density at radius 1 is 1.18 bits per heavy atom. The number of pyridine rings is 1. The Hall–Kier alpha value is -2.47. The van der Waals surface area contributed by atoms with E-state index < -0.39 is 5.67 Å². The zero-order valence-electron chi connectivity index (χ0n) is 15.9. The summed E-state index contributed by atoms with van der Waals surface area (Å²) in [6.45, 7) is 1.37. The fraction of sp³-hybridized carbons (Fsp3) is 0.455. The van der Waals surface area contributed by atoms with Crippen molar-refractivity contribution in [3.63, 3.8) is 0 Å². The highest BCUT2D eigenvalue weighted by atomic mass is 19.1. The van der Waals surface area contributed by atoms with Gasteiger partial charge in [-0.3, -0.25) is 4.98 Å². The normalized spacial score (nSPS) is 23.2. The van der Waals surface area contributed by atoms with Crippen LogP contribution in [0.25, 0.3) is 0 Å². The molecule has 2 atom stereocenters. The molecule has 2 fully saturated rings. The van der Waals surface area contributed by atoms with E-state index in [0.29, 0.717) is 44.4 Å². The Kier molecular flexibility index (Phi) is 5.57. The van der Waals surface area contributed by atoms with Gasteiger partial charge in [0.2, 0.25) is 0 Å². The zero-order chi connectivity index (χ0) is 19.4. The monoisotopic (exact) mass is 383 g/mol. The number of halogens is 1. The van der Waals surface area contributed by atoms with Crippen molar-refractivity contribution in [1.82, 2.24) is 15.2 Å². The summed E-state index contributed by atoms with van der Waals surface area (Å²) in [4.78, 5) is 17.9. The van der Waals surface area contributed by atoms with Gasteiger partial charge in [0, 0.05) is 56.8 Å². The number of nitrogens with one attached hydrogen (secondary N) is 1. The van der Waals surface area contributed by atoms with Crippen LogP contribution in [0.4, 0.5) is 9.18 Å². The SMILES string of the molecule is O=C(OCc1ccccc1)N1CCC(F)(CNC2CC2c2ccncc2)CC1. The van der Waals surface area contributed by atoms with E-state index in [4.69, 9.17) is 4.74 Å². The van der Waals surface area contributed by atoms with Crippen LogP contribution in [0.3, 0.4) is 0 Å². The van der Waals surface area contributed by atoms with Crippen molar-refractivity contribution in [3.05, 3.63) is 66.0 Å². The number of likely N-dealkylation sites (tertiary alicyclic amines) is 1. The van der Waals surface area contributed by atoms with Crippen molar-refractivity contribution in [1.29, 1.82) is 0 Å². The minimum absolute atomic E-state index is 0.247. The molecule has 2 unspecified atom stereocenters. The van der Waals surface area contributed by atoms with E-state index in [2.05, 4.69) is 10.3 Å². The van der Waals surface area contributed by atoms with Crippen molar-refractivity contribution < 1.29 is 13.9 Å². The minimum atomic E-state index is -1.26. The third kappa shape index (κ3) is 4.68. The molecule has 0 spiro atoms. The largest absolute Gasteiger partial charge is 0.445 e. The number of alkyl halides is 1. The quantitative estimate of drug-likeness (QED) is 0.827. The van der Waals surface area contributed by atoms with E-state index in [0.717, 1.165) is 12.0 Å². The molecule has 28 heavy (non-hydrogen) atoms. The molecule has 2 aromatic rings. The first-order valence-corrected chi connectivity index (χ1v) is 9.91. The summed E-state index contributed by atoms with van der Waals surface area (Å²) in [5, 5.41) is 3.38. The average molecular weight is 383 g/mol. The molecule has 2 heterocycles. The molecule has 1 N–H and O–H groups in total. The molecule has 148 valence electrons. The number of hydrogen-bond donors (Lipinski definition) is 1. The van der Waals surface area contributed by atoms with Gasteiger partial charge in [0.1, 0.15) is 12.3 Å². The Morgan fingerprint density at radius 3 is 2.61 bits per heavy atom. The number of aromatic nitrogens is 1. The second-order valence-electron chi connectivity index (χ2n) is 7.79. The van der Waals surface area contributed by atoms with E-state index in [1.807, 2.05) is 42.5 Å². The highest BCUT2D eigenvalue weighted by Gasteiger charge is 2.42. The summed E-state index contributed by atoms with van der Waals surface area (Å²) in [5.41, 5.74) is 0.947. The van der Waals surface area contributed by atoms with Gasteiger partial charge in [-0.1, -0.05) is 30.3 Å². The Balaban J connectivity index is 1.18. The Bertz CT molecular complexity index is 779. The Labute approximate surface area is 164 Å². The first kappa shape index (κ1) is 18.9. The predicted octanol–water partition coefficient (Wildman–Crippen LogP) is 3.67. The third-order valence-corrected chi connectivity index (χ3v) is 5.73. The van der Waals surface area contributed by atoms with Crippen LogP contribution < -0.4 is 5.32 Å². The number of benzene rings is 1. The van der Waals surface area contributed by atoms with Gasteiger partial charge in [-0.15, -0.1) is 0 Å². The van der Waals surface area contributed by atoms with Crippen LogP contribution in [0, 0.1) is 0 Å². The number of rotatable bonds is 6. The van der Waals surface area contributed by atoms with Crippen molar-refractivity contribution in [2.45, 2.75) is 43.5 Å². The van der Waals surface area contributed by atoms with Gasteiger partial charge >= 0.3 is 6.09 Å². The highest BCUT2D eigenvalue weighted by Crippen LogP contribution is 2.41. The lowest BCUT2D eigenvalue weighted by Gasteiger charge is -2.36. The van der Waals surface area contributed by atoms with Gasteiger partial charge in [-0.2, -0.15) is 0 Å². The molecule has 1 aliphatic heterocycles. The van der Waals surface area contributed by atoms with Crippen molar-refractivity contribution in [2.24, 2.45) is 0 Å². The van der Waals surface area contributed by atoms with Gasteiger partial charge in [0.15, 0.2) is 0 Å². The van der Waals surface area contributed by atoms with Crippen molar-refractivity contribution in [3.8, 4) is 0 Å². The number of nitrogens with zero attached hydrogens (tertiary/aromatic N) is 2. The number of carbonyl (C=O) groups excluding carboxylic acids is 1. The van der Waals surface area contributed by atoms with Crippen molar-refractivity contribution in [2.75, 3.05) is 19.6 Å². The lowest BCUT2D eigenvalue weighted by Crippen LogP contribution is -2.49. The van der Waals surface area contributed by atoms with Gasteiger partial charge < -0.3 is 15.0 Å². The summed E-state index contributed by atoms with van der Waals surface area (Å²) in [7, 11) is 0. The van der Waals surface area contributed by atoms with Crippen LogP contribution in [0.5, 0.6) is 0 Å². The van der Waals surface area contributed by atoms with Gasteiger partial charge in [0.05, 0.1) is 0 Å². The molecule has 4 rings (SSSR count). The molecule has 1 amide bonds. The first-order chi connectivity index (χ1) is 13.6. The van der Waals surface area contributed by atoms with Crippen molar-refractivity contribution >= 4 is 6.09 Å². The molecule has 1 aromatic carbocycles. The van der Waals surface area contributed by atoms with Gasteiger partial charge in [0.25, 0.3) is 0 Å². The van der Waals surface area contributed by atoms with E-state index in [9.17, 15) is 4.79 Å². The van der Waals surface area contributed by atoms with Crippen LogP contribution in [0.2, 0.25) is 0 Å². The number of amides is 1. The number of carbonyl (C=O) groups is 1. The fourth-order valence-electron chi connectivity index (χ4n) is 3.79. The summed E-state index contributed by atoms with van der Waals surface area (Å²) >= 11 is 0. The molecular formula is C22H26FN3O2. The van der Waals surface area contributed by atoms with Gasteiger partial charge in [-0.25, -0.2) is 9.18 Å². The molecule has 0 bridgehead atoms. The number of ether oxygens (including phenoxy) is 1. The fourth-order valence-corrected chi connectivity index (χ4v) is 3.79. The summed E-state index contributed by atoms with van der Waals surface area (Å²) < 4.78 is 20.5. The van der Waals surface area contributed by atoms with E-state index in [-0.39, 0.29) is 12.7 Å². The summed E-state index contributed by atoms with van der Waals surface area (Å²) in [6.07, 6.45) is 4.96. The molecular weight excluding hydrogens is 357 g/mol. The predicted molar refractivity (Wildman–Crippen MR) is 105 cm³/mol.